The average Bonchev–Trinajstić information content (AvgIpc) is 2.17. The highest BCUT2D eigenvalue weighted by Crippen LogP contribution is 2.64. The Morgan fingerprint density at radius 3 is 1.54 bits per heavy atom. The molecule has 2 heterocycles. The van der Waals surface area contributed by atoms with Gasteiger partial charge in [-0.3, -0.25) is 0 Å². The van der Waals surface area contributed by atoms with Crippen molar-refractivity contribution in [3.8, 4) is 55.6 Å². The predicted molar refractivity (Wildman–Crippen MR) is 335 cm³/mol. The van der Waals surface area contributed by atoms with Crippen LogP contribution in [-0.4, -0.2) is 0 Å². The van der Waals surface area contributed by atoms with Gasteiger partial charge in [-0.2, -0.15) is 0 Å². The molecule has 0 radical (unpaired) electrons. The summed E-state index contributed by atoms with van der Waals surface area (Å²) in [6.07, 6.45) is 0. The van der Waals surface area contributed by atoms with E-state index in [0.29, 0.717) is 0 Å². The fraction of sp³-hybridized carbons (Fsp3) is 0.221. The van der Waals surface area contributed by atoms with Crippen LogP contribution in [0.3, 0.4) is 0 Å². The summed E-state index contributed by atoms with van der Waals surface area (Å²) < 4.78 is 14.1. The number of para-hydroxylation sites is 2. The van der Waals surface area contributed by atoms with E-state index in [9.17, 15) is 0 Å². The number of nitrogens with zero attached hydrogens (tertiary/aromatic N) is 1. The number of fused-ring (bicyclic) bond motifs is 22. The summed E-state index contributed by atoms with van der Waals surface area (Å²) in [5.74, 6) is 0. The van der Waals surface area contributed by atoms with E-state index in [1.165, 1.54) is 128 Å². The second-order valence-electron chi connectivity index (χ2n) is 26.9. The van der Waals surface area contributed by atoms with Crippen molar-refractivity contribution in [3.05, 3.63) is 232 Å². The van der Waals surface area contributed by atoms with Crippen molar-refractivity contribution in [2.24, 2.45) is 0 Å². The van der Waals surface area contributed by atoms with E-state index in [2.05, 4.69) is 264 Å². The van der Waals surface area contributed by atoms with Gasteiger partial charge in [0.25, 0.3) is 0 Å². The third-order valence-electron chi connectivity index (χ3n) is 19.8. The highest BCUT2D eigenvalue weighted by Gasteiger charge is 2.49. The first kappa shape index (κ1) is 47.6. The second-order valence-corrected chi connectivity index (χ2v) is 26.9. The molecular weight excluding hydrogens is 971 g/mol. The monoisotopic (exact) mass is 1040 g/mol. The molecule has 0 saturated heterocycles. The summed E-state index contributed by atoms with van der Waals surface area (Å²) in [5, 5.41) is 4.74. The van der Waals surface area contributed by atoms with Crippen LogP contribution in [0.15, 0.2) is 185 Å². The summed E-state index contributed by atoms with van der Waals surface area (Å²) in [5.41, 5.74) is 32.2. The Labute approximate surface area is 469 Å². The number of hydrogen-bond acceptors (Lipinski definition) is 3. The molecule has 0 spiro atoms. The summed E-state index contributed by atoms with van der Waals surface area (Å²) in [6.45, 7) is 28.7. The van der Waals surface area contributed by atoms with Crippen LogP contribution in [0.25, 0.3) is 99.5 Å². The van der Waals surface area contributed by atoms with Crippen LogP contribution in [0.5, 0.6) is 0 Å². The highest BCUT2D eigenvalue weighted by molar-refractivity contribution is 6.22. The molecule has 0 N–H and O–H groups in total. The van der Waals surface area contributed by atoms with Crippen molar-refractivity contribution >= 4 is 60.9 Å². The highest BCUT2D eigenvalue weighted by atomic mass is 16.3. The van der Waals surface area contributed by atoms with Gasteiger partial charge in [-0.15, -0.1) is 0 Å². The van der Waals surface area contributed by atoms with Gasteiger partial charge in [0.1, 0.15) is 22.3 Å². The smallest absolute Gasteiger partial charge is 0.144 e. The Hall–Kier alpha value is -8.40. The first-order valence-corrected chi connectivity index (χ1v) is 28.8. The zero-order chi connectivity index (χ0) is 54.9. The van der Waals surface area contributed by atoms with Crippen molar-refractivity contribution in [1.29, 1.82) is 0 Å². The van der Waals surface area contributed by atoms with Gasteiger partial charge >= 0.3 is 0 Å². The number of benzene rings is 10. The standard InChI is InChI=1S/C77H65NO2/c1-42-29-36-61(59(37-42)73(2,3)4)78(45-32-35-50-58(40-45)77(11,12)69-65(50)67-52-24-16-20-28-63(52)80-72(67)68-48-22-14-18-26-55(48)76(9,10)70(68)69)44-31-34-49-57(39-44)75(7,8)60-41-53(71-66(64(49)60)51-23-15-19-27-62(51)79-71)43-30-33-47-46-21-13-17-25-54(46)74(5,6)56(47)38-43/h13-41H,1-12H3. The molecule has 0 atom stereocenters. The maximum atomic E-state index is 7.07. The molecular formula is C77H65NO2. The van der Waals surface area contributed by atoms with Crippen LogP contribution >= 0.6 is 0 Å². The van der Waals surface area contributed by atoms with Gasteiger partial charge in [-0.05, 0) is 162 Å². The van der Waals surface area contributed by atoms with Gasteiger partial charge in [-0.25, -0.2) is 0 Å². The molecule has 80 heavy (non-hydrogen) atoms. The number of aryl methyl sites for hydroxylation is 1. The third kappa shape index (κ3) is 6.00. The molecule has 12 aromatic rings. The molecule has 10 aromatic carbocycles. The molecule has 0 saturated carbocycles. The van der Waals surface area contributed by atoms with Crippen molar-refractivity contribution in [1.82, 2.24) is 0 Å². The summed E-state index contributed by atoms with van der Waals surface area (Å²) >= 11 is 0. The molecule has 0 aliphatic heterocycles. The Balaban J connectivity index is 0.910. The van der Waals surface area contributed by atoms with Crippen molar-refractivity contribution in [2.75, 3.05) is 4.90 Å². The lowest BCUT2D eigenvalue weighted by Gasteiger charge is -2.34. The Morgan fingerprint density at radius 2 is 0.863 bits per heavy atom. The van der Waals surface area contributed by atoms with Gasteiger partial charge in [-0.1, -0.05) is 203 Å². The Kier molecular flexibility index (Phi) is 9.21. The molecule has 2 aromatic heterocycles. The number of furan rings is 2. The van der Waals surface area contributed by atoms with Crippen LogP contribution in [-0.2, 0) is 27.1 Å². The molecule has 0 amide bonds. The maximum absolute atomic E-state index is 7.07. The number of hydrogen-bond donors (Lipinski definition) is 0. The van der Waals surface area contributed by atoms with E-state index in [-0.39, 0.29) is 27.1 Å². The lowest BCUT2D eigenvalue weighted by molar-refractivity contribution is 0.590. The minimum atomic E-state index is -0.356. The summed E-state index contributed by atoms with van der Waals surface area (Å²) in [4.78, 5) is 2.57. The van der Waals surface area contributed by atoms with Gasteiger partial charge in [0.15, 0.2) is 0 Å². The van der Waals surface area contributed by atoms with Crippen LogP contribution < -0.4 is 4.90 Å². The molecule has 0 unspecified atom stereocenters. The van der Waals surface area contributed by atoms with Crippen LogP contribution in [0.2, 0.25) is 0 Å². The quantitative estimate of drug-likeness (QED) is 0.176. The van der Waals surface area contributed by atoms with Gasteiger partial charge < -0.3 is 13.7 Å². The number of anilines is 3. The van der Waals surface area contributed by atoms with Gasteiger partial charge in [0, 0.05) is 71.4 Å². The molecule has 0 fully saturated rings. The Bertz CT molecular complexity index is 4770. The average molecular weight is 1040 g/mol. The van der Waals surface area contributed by atoms with Crippen LogP contribution in [0, 0.1) is 6.92 Å². The van der Waals surface area contributed by atoms with Gasteiger partial charge in [0.05, 0.1) is 0 Å². The molecule has 390 valence electrons. The minimum Gasteiger partial charge on any atom is -0.455 e. The largest absolute Gasteiger partial charge is 0.455 e. The van der Waals surface area contributed by atoms with Crippen LogP contribution in [0.4, 0.5) is 17.1 Å². The topological polar surface area (TPSA) is 29.5 Å². The maximum Gasteiger partial charge on any atom is 0.144 e. The first-order chi connectivity index (χ1) is 38.3. The van der Waals surface area contributed by atoms with E-state index >= 15 is 0 Å². The molecule has 4 aliphatic carbocycles. The normalized spacial score (nSPS) is 16.1. The third-order valence-corrected chi connectivity index (χ3v) is 19.8. The first-order valence-electron chi connectivity index (χ1n) is 28.8. The molecule has 4 aliphatic rings. The van der Waals surface area contributed by atoms with E-state index in [1.807, 2.05) is 0 Å². The summed E-state index contributed by atoms with van der Waals surface area (Å²) in [7, 11) is 0. The van der Waals surface area contributed by atoms with E-state index in [0.717, 1.165) is 44.7 Å². The van der Waals surface area contributed by atoms with Gasteiger partial charge in [0.2, 0.25) is 0 Å². The Morgan fingerprint density at radius 1 is 0.375 bits per heavy atom. The summed E-state index contributed by atoms with van der Waals surface area (Å²) in [6, 6.07) is 66.6. The number of rotatable bonds is 4. The lowest BCUT2D eigenvalue weighted by Crippen LogP contribution is -2.24. The van der Waals surface area contributed by atoms with Crippen molar-refractivity contribution in [3.63, 3.8) is 0 Å². The van der Waals surface area contributed by atoms with E-state index < -0.39 is 0 Å². The molecule has 3 heteroatoms. The SMILES string of the molecule is Cc1ccc(N(c2ccc3c(c2)C(C)(C)c2cc(-c4ccc5c(c4)C(C)(C)c4ccccc4-5)c4oc5ccccc5c4c2-3)c2ccc3c(c2)C(C)(C)c2c4c(c5oc6ccccc6c5c2-3)-c2ccccc2C4(C)C)c(C(C)(C)C)c1. The van der Waals surface area contributed by atoms with Crippen molar-refractivity contribution in [2.45, 2.75) is 110 Å². The molecule has 16 rings (SSSR count). The second kappa shape index (κ2) is 15.5. The van der Waals surface area contributed by atoms with Crippen molar-refractivity contribution < 1.29 is 8.83 Å². The minimum absolute atomic E-state index is 0.128. The lowest BCUT2D eigenvalue weighted by atomic mass is 9.72. The fourth-order valence-corrected chi connectivity index (χ4v) is 15.8. The zero-order valence-electron chi connectivity index (χ0n) is 48.0. The van der Waals surface area contributed by atoms with Crippen LogP contribution in [0.1, 0.15) is 132 Å². The predicted octanol–water partition coefficient (Wildman–Crippen LogP) is 21.5. The van der Waals surface area contributed by atoms with E-state index in [4.69, 9.17) is 8.83 Å². The molecule has 3 nitrogen and oxygen atoms in total. The fourth-order valence-electron chi connectivity index (χ4n) is 15.8. The molecule has 0 bridgehead atoms. The van der Waals surface area contributed by atoms with E-state index in [1.54, 1.807) is 0 Å². The zero-order valence-corrected chi connectivity index (χ0v) is 48.0.